The highest BCUT2D eigenvalue weighted by Crippen LogP contribution is 2.24. The molecule has 3 rings (SSSR count). The Hall–Kier alpha value is -1.26. The van der Waals surface area contributed by atoms with Crippen molar-refractivity contribution in [2.24, 2.45) is 5.92 Å². The molecule has 2 N–H and O–H groups in total. The van der Waals surface area contributed by atoms with Gasteiger partial charge in [0.15, 0.2) is 0 Å². The van der Waals surface area contributed by atoms with Crippen LogP contribution in [0.4, 0.5) is 11.4 Å². The van der Waals surface area contributed by atoms with E-state index < -0.39 is 0 Å². The van der Waals surface area contributed by atoms with Crippen LogP contribution >= 0.6 is 0 Å². The summed E-state index contributed by atoms with van der Waals surface area (Å²) in [6, 6.07) is 8.26. The molecular formula is C16H25N3O. The quantitative estimate of drug-likeness (QED) is 0.854. The van der Waals surface area contributed by atoms with Gasteiger partial charge in [0, 0.05) is 44.1 Å². The first-order valence-electron chi connectivity index (χ1n) is 7.72. The van der Waals surface area contributed by atoms with Gasteiger partial charge in [-0.2, -0.15) is 0 Å². The van der Waals surface area contributed by atoms with Gasteiger partial charge in [-0.05, 0) is 43.0 Å². The van der Waals surface area contributed by atoms with Gasteiger partial charge in [0.25, 0.3) is 0 Å². The Morgan fingerprint density at radius 3 is 2.30 bits per heavy atom. The maximum absolute atomic E-state index is 5.75. The summed E-state index contributed by atoms with van der Waals surface area (Å²) < 4.78 is 5.41. The number of rotatable bonds is 3. The van der Waals surface area contributed by atoms with Gasteiger partial charge >= 0.3 is 0 Å². The predicted molar refractivity (Wildman–Crippen MR) is 83.1 cm³/mol. The van der Waals surface area contributed by atoms with E-state index in [1.54, 1.807) is 0 Å². The van der Waals surface area contributed by atoms with Crippen LogP contribution in [0.25, 0.3) is 0 Å². The van der Waals surface area contributed by atoms with E-state index in [-0.39, 0.29) is 0 Å². The molecule has 0 aliphatic carbocycles. The maximum Gasteiger partial charge on any atom is 0.0594 e. The molecule has 0 spiro atoms. The van der Waals surface area contributed by atoms with Gasteiger partial charge in [-0.1, -0.05) is 0 Å². The molecule has 4 nitrogen and oxygen atoms in total. The first kappa shape index (κ1) is 13.7. The molecule has 0 aromatic heterocycles. The van der Waals surface area contributed by atoms with E-state index in [0.29, 0.717) is 0 Å². The van der Waals surface area contributed by atoms with Crippen molar-refractivity contribution in [3.63, 3.8) is 0 Å². The zero-order valence-electron chi connectivity index (χ0n) is 12.1. The third-order valence-electron chi connectivity index (χ3n) is 4.49. The van der Waals surface area contributed by atoms with Crippen LogP contribution < -0.4 is 10.6 Å². The third kappa shape index (κ3) is 3.44. The van der Waals surface area contributed by atoms with Crippen LogP contribution in [0.15, 0.2) is 24.3 Å². The monoisotopic (exact) mass is 275 g/mol. The Morgan fingerprint density at radius 1 is 1.00 bits per heavy atom. The molecule has 0 atom stereocenters. The predicted octanol–water partition coefficient (Wildman–Crippen LogP) is 1.82. The van der Waals surface area contributed by atoms with Crippen LogP contribution in [0, 0.1) is 5.92 Å². The highest BCUT2D eigenvalue weighted by Gasteiger charge is 2.22. The lowest BCUT2D eigenvalue weighted by atomic mass is 9.95. The fourth-order valence-corrected chi connectivity index (χ4v) is 3.21. The second kappa shape index (κ2) is 6.46. The summed E-state index contributed by atoms with van der Waals surface area (Å²) in [5.41, 5.74) is 7.90. The number of hydrogen-bond acceptors (Lipinski definition) is 4. The summed E-state index contributed by atoms with van der Waals surface area (Å²) in [4.78, 5) is 5.04. The van der Waals surface area contributed by atoms with Crippen molar-refractivity contribution in [1.82, 2.24) is 4.90 Å². The Morgan fingerprint density at radius 2 is 1.65 bits per heavy atom. The second-order valence-electron chi connectivity index (χ2n) is 5.93. The normalized spacial score (nSPS) is 22.1. The molecule has 2 heterocycles. The van der Waals surface area contributed by atoms with Gasteiger partial charge in [0.05, 0.1) is 13.2 Å². The fraction of sp³-hybridized carbons (Fsp3) is 0.625. The summed E-state index contributed by atoms with van der Waals surface area (Å²) in [7, 11) is 0. The average Bonchev–Trinajstić information content (AvgIpc) is 2.50. The molecule has 2 saturated heterocycles. The van der Waals surface area contributed by atoms with Gasteiger partial charge in [0.1, 0.15) is 0 Å². The van der Waals surface area contributed by atoms with E-state index in [9.17, 15) is 0 Å². The van der Waals surface area contributed by atoms with Crippen LogP contribution in [0.1, 0.15) is 12.8 Å². The number of piperidine rings is 1. The number of nitrogens with two attached hydrogens (primary N) is 1. The van der Waals surface area contributed by atoms with E-state index in [1.165, 1.54) is 38.2 Å². The summed E-state index contributed by atoms with van der Waals surface area (Å²) >= 11 is 0. The zero-order chi connectivity index (χ0) is 13.8. The largest absolute Gasteiger partial charge is 0.399 e. The van der Waals surface area contributed by atoms with E-state index >= 15 is 0 Å². The maximum atomic E-state index is 5.75. The minimum absolute atomic E-state index is 0.843. The Kier molecular flexibility index (Phi) is 4.43. The molecule has 0 amide bonds. The lowest BCUT2D eigenvalue weighted by Gasteiger charge is -2.37. The molecule has 2 fully saturated rings. The molecule has 20 heavy (non-hydrogen) atoms. The van der Waals surface area contributed by atoms with Crippen LogP contribution in [0.5, 0.6) is 0 Å². The SMILES string of the molecule is Nc1ccc(N2CCC(CN3CCOCC3)CC2)cc1. The number of hydrogen-bond donors (Lipinski definition) is 1. The van der Waals surface area contributed by atoms with Crippen molar-refractivity contribution in [2.75, 3.05) is 56.6 Å². The molecule has 1 aromatic carbocycles. The van der Waals surface area contributed by atoms with Crippen molar-refractivity contribution in [1.29, 1.82) is 0 Å². The fourth-order valence-electron chi connectivity index (χ4n) is 3.21. The van der Waals surface area contributed by atoms with E-state index in [2.05, 4.69) is 21.9 Å². The number of anilines is 2. The summed E-state index contributed by atoms with van der Waals surface area (Å²) in [6.07, 6.45) is 2.59. The van der Waals surface area contributed by atoms with Crippen molar-refractivity contribution in [2.45, 2.75) is 12.8 Å². The minimum Gasteiger partial charge on any atom is -0.399 e. The number of nitrogen functional groups attached to an aromatic ring is 1. The van der Waals surface area contributed by atoms with Gasteiger partial charge in [-0.15, -0.1) is 0 Å². The summed E-state index contributed by atoms with van der Waals surface area (Å²) in [5.74, 6) is 0.845. The van der Waals surface area contributed by atoms with Gasteiger partial charge in [-0.3, -0.25) is 4.90 Å². The number of benzene rings is 1. The smallest absolute Gasteiger partial charge is 0.0594 e. The lowest BCUT2D eigenvalue weighted by molar-refractivity contribution is 0.0289. The van der Waals surface area contributed by atoms with E-state index in [1.807, 2.05) is 12.1 Å². The van der Waals surface area contributed by atoms with Crippen molar-refractivity contribution in [3.8, 4) is 0 Å². The molecule has 2 aliphatic heterocycles. The topological polar surface area (TPSA) is 41.7 Å². The van der Waals surface area contributed by atoms with Crippen LogP contribution in [-0.2, 0) is 4.74 Å². The van der Waals surface area contributed by atoms with Crippen LogP contribution in [0.2, 0.25) is 0 Å². The minimum atomic E-state index is 0.843. The summed E-state index contributed by atoms with van der Waals surface area (Å²) in [5, 5.41) is 0. The first-order chi connectivity index (χ1) is 9.81. The Bertz CT molecular complexity index is 406. The van der Waals surface area contributed by atoms with Gasteiger partial charge < -0.3 is 15.4 Å². The zero-order valence-corrected chi connectivity index (χ0v) is 12.1. The van der Waals surface area contributed by atoms with Gasteiger partial charge in [0.2, 0.25) is 0 Å². The Labute approximate surface area is 121 Å². The highest BCUT2D eigenvalue weighted by atomic mass is 16.5. The molecule has 1 aromatic rings. The molecule has 4 heteroatoms. The number of morpholine rings is 1. The number of ether oxygens (including phenoxy) is 1. The van der Waals surface area contributed by atoms with Gasteiger partial charge in [-0.25, -0.2) is 0 Å². The standard InChI is InChI=1S/C16H25N3O/c17-15-1-3-16(4-2-15)19-7-5-14(6-8-19)13-18-9-11-20-12-10-18/h1-4,14H,5-13,17H2. The molecule has 0 unspecified atom stereocenters. The molecule has 0 radical (unpaired) electrons. The van der Waals surface area contributed by atoms with E-state index in [4.69, 9.17) is 10.5 Å². The number of nitrogens with zero attached hydrogens (tertiary/aromatic N) is 2. The van der Waals surface area contributed by atoms with Crippen molar-refractivity contribution < 1.29 is 4.74 Å². The third-order valence-corrected chi connectivity index (χ3v) is 4.49. The lowest BCUT2D eigenvalue weighted by Crippen LogP contribution is -2.42. The van der Waals surface area contributed by atoms with E-state index in [0.717, 1.165) is 37.9 Å². The van der Waals surface area contributed by atoms with Crippen molar-refractivity contribution >= 4 is 11.4 Å². The molecule has 110 valence electrons. The first-order valence-corrected chi connectivity index (χ1v) is 7.72. The molecular weight excluding hydrogens is 250 g/mol. The molecule has 0 saturated carbocycles. The van der Waals surface area contributed by atoms with Crippen LogP contribution in [0.3, 0.4) is 0 Å². The molecule has 0 bridgehead atoms. The van der Waals surface area contributed by atoms with Crippen molar-refractivity contribution in [3.05, 3.63) is 24.3 Å². The Balaban J connectivity index is 1.47. The molecule has 2 aliphatic rings. The summed E-state index contributed by atoms with van der Waals surface area (Å²) in [6.45, 7) is 7.61. The second-order valence-corrected chi connectivity index (χ2v) is 5.93. The highest BCUT2D eigenvalue weighted by molar-refractivity contribution is 5.53. The van der Waals surface area contributed by atoms with Crippen LogP contribution in [-0.4, -0.2) is 50.8 Å². The average molecular weight is 275 g/mol.